The second-order valence-corrected chi connectivity index (χ2v) is 9.32. The van der Waals surface area contributed by atoms with Crippen LogP contribution in [0.15, 0.2) is 54.7 Å². The van der Waals surface area contributed by atoms with Crippen LogP contribution in [0.25, 0.3) is 11.0 Å². The van der Waals surface area contributed by atoms with Gasteiger partial charge in [-0.1, -0.05) is 12.1 Å². The SMILES string of the molecule is O=C(O)c1ccc(CCC(=O)N2CCc3c(n(Cc4cccc(F)c4)c4ncccc34)C2)s1. The third-order valence-corrected chi connectivity index (χ3v) is 7.19. The molecule has 0 aliphatic carbocycles. The van der Waals surface area contributed by atoms with Crippen LogP contribution < -0.4 is 0 Å². The Labute approximate surface area is 193 Å². The number of aryl methyl sites for hydroxylation is 1. The molecular formula is C25H22FN3O3S. The maximum atomic E-state index is 13.8. The average Bonchev–Trinajstić information content (AvgIpc) is 3.41. The lowest BCUT2D eigenvalue weighted by molar-refractivity contribution is -0.132. The zero-order valence-corrected chi connectivity index (χ0v) is 18.6. The largest absolute Gasteiger partial charge is 0.477 e. The van der Waals surface area contributed by atoms with E-state index in [-0.39, 0.29) is 16.6 Å². The van der Waals surface area contributed by atoms with Crippen LogP contribution in [0.4, 0.5) is 4.39 Å². The Morgan fingerprint density at radius 2 is 2.03 bits per heavy atom. The molecule has 3 aromatic heterocycles. The van der Waals surface area contributed by atoms with E-state index in [1.165, 1.54) is 29.0 Å². The Balaban J connectivity index is 1.38. The molecule has 0 unspecified atom stereocenters. The van der Waals surface area contributed by atoms with Crippen molar-refractivity contribution in [3.05, 3.63) is 87.1 Å². The number of aromatic nitrogens is 2. The van der Waals surface area contributed by atoms with E-state index < -0.39 is 5.97 Å². The number of amides is 1. The van der Waals surface area contributed by atoms with Crippen molar-refractivity contribution in [1.82, 2.24) is 14.5 Å². The van der Waals surface area contributed by atoms with Crippen LogP contribution in [-0.2, 0) is 30.7 Å². The molecule has 1 N–H and O–H groups in total. The highest BCUT2D eigenvalue weighted by Crippen LogP contribution is 2.31. The number of benzene rings is 1. The van der Waals surface area contributed by atoms with E-state index >= 15 is 0 Å². The lowest BCUT2D eigenvalue weighted by Crippen LogP contribution is -2.36. The van der Waals surface area contributed by atoms with Crippen molar-refractivity contribution in [3.8, 4) is 0 Å². The molecule has 1 aliphatic rings. The molecule has 0 fully saturated rings. The zero-order chi connectivity index (χ0) is 22.9. The molecule has 1 aliphatic heterocycles. The van der Waals surface area contributed by atoms with Gasteiger partial charge < -0.3 is 14.6 Å². The zero-order valence-electron chi connectivity index (χ0n) is 17.8. The van der Waals surface area contributed by atoms with Gasteiger partial charge in [0.2, 0.25) is 5.91 Å². The van der Waals surface area contributed by atoms with Gasteiger partial charge in [-0.25, -0.2) is 14.2 Å². The predicted molar refractivity (Wildman–Crippen MR) is 124 cm³/mol. The van der Waals surface area contributed by atoms with Crippen molar-refractivity contribution in [1.29, 1.82) is 0 Å². The quantitative estimate of drug-likeness (QED) is 0.457. The molecule has 0 spiro atoms. The highest BCUT2D eigenvalue weighted by Gasteiger charge is 2.27. The summed E-state index contributed by atoms with van der Waals surface area (Å²) < 4.78 is 15.9. The van der Waals surface area contributed by atoms with Gasteiger partial charge in [0.1, 0.15) is 16.3 Å². The number of carboxylic acids is 1. The fraction of sp³-hybridized carbons (Fsp3) is 0.240. The van der Waals surface area contributed by atoms with Crippen molar-refractivity contribution in [2.24, 2.45) is 0 Å². The van der Waals surface area contributed by atoms with Crippen LogP contribution in [0.1, 0.15) is 37.8 Å². The van der Waals surface area contributed by atoms with Crippen molar-refractivity contribution in [2.45, 2.75) is 32.4 Å². The number of carbonyl (C=O) groups is 2. The van der Waals surface area contributed by atoms with E-state index in [0.29, 0.717) is 32.5 Å². The van der Waals surface area contributed by atoms with E-state index in [0.717, 1.165) is 33.6 Å². The number of aromatic carboxylic acids is 1. The summed E-state index contributed by atoms with van der Waals surface area (Å²) in [7, 11) is 0. The van der Waals surface area contributed by atoms with Crippen molar-refractivity contribution in [2.75, 3.05) is 6.54 Å². The molecule has 6 nitrogen and oxygen atoms in total. The summed E-state index contributed by atoms with van der Waals surface area (Å²) in [6.45, 7) is 1.59. The summed E-state index contributed by atoms with van der Waals surface area (Å²) in [6.07, 6.45) is 3.35. The molecule has 0 atom stereocenters. The minimum Gasteiger partial charge on any atom is -0.477 e. The van der Waals surface area contributed by atoms with E-state index in [4.69, 9.17) is 5.11 Å². The summed E-state index contributed by atoms with van der Waals surface area (Å²) in [5, 5.41) is 10.2. The van der Waals surface area contributed by atoms with Crippen LogP contribution in [0.5, 0.6) is 0 Å². The summed E-state index contributed by atoms with van der Waals surface area (Å²) >= 11 is 1.21. The monoisotopic (exact) mass is 463 g/mol. The van der Waals surface area contributed by atoms with Gasteiger partial charge in [0.25, 0.3) is 0 Å². The van der Waals surface area contributed by atoms with Crippen LogP contribution in [0.2, 0.25) is 0 Å². The highest BCUT2D eigenvalue weighted by molar-refractivity contribution is 7.13. The van der Waals surface area contributed by atoms with Crippen molar-refractivity contribution in [3.63, 3.8) is 0 Å². The molecule has 1 amide bonds. The summed E-state index contributed by atoms with van der Waals surface area (Å²) in [5.74, 6) is -1.18. The number of carboxylic acid groups (broad SMARTS) is 1. The number of fused-ring (bicyclic) bond motifs is 3. The first-order valence-electron chi connectivity index (χ1n) is 10.8. The normalized spacial score (nSPS) is 13.3. The van der Waals surface area contributed by atoms with E-state index in [2.05, 4.69) is 15.6 Å². The molecule has 0 saturated carbocycles. The predicted octanol–water partition coefficient (Wildman–Crippen LogP) is 4.50. The molecule has 4 heterocycles. The van der Waals surface area contributed by atoms with E-state index in [9.17, 15) is 14.0 Å². The molecule has 4 aromatic rings. The molecule has 8 heteroatoms. The third-order valence-electron chi connectivity index (χ3n) is 6.05. The number of rotatable bonds is 6. The van der Waals surface area contributed by atoms with Crippen LogP contribution in [0, 0.1) is 5.82 Å². The highest BCUT2D eigenvalue weighted by atomic mass is 32.1. The topological polar surface area (TPSA) is 75.4 Å². The number of hydrogen-bond donors (Lipinski definition) is 1. The van der Waals surface area contributed by atoms with Gasteiger partial charge in [0.15, 0.2) is 0 Å². The summed E-state index contributed by atoms with van der Waals surface area (Å²) in [6, 6.07) is 13.9. The first-order chi connectivity index (χ1) is 16.0. The van der Waals surface area contributed by atoms with Crippen molar-refractivity contribution >= 4 is 34.2 Å². The van der Waals surface area contributed by atoms with Crippen LogP contribution in [-0.4, -0.2) is 38.0 Å². The van der Waals surface area contributed by atoms with Crippen LogP contribution >= 0.6 is 11.3 Å². The molecule has 5 rings (SSSR count). The van der Waals surface area contributed by atoms with Gasteiger partial charge in [-0.3, -0.25) is 4.79 Å². The lowest BCUT2D eigenvalue weighted by Gasteiger charge is -2.28. The molecule has 1 aromatic carbocycles. The Morgan fingerprint density at radius 1 is 1.15 bits per heavy atom. The van der Waals surface area contributed by atoms with Gasteiger partial charge in [0, 0.05) is 41.7 Å². The fourth-order valence-electron chi connectivity index (χ4n) is 4.48. The van der Waals surface area contributed by atoms with Gasteiger partial charge >= 0.3 is 5.97 Å². The number of nitrogens with zero attached hydrogens (tertiary/aromatic N) is 3. The van der Waals surface area contributed by atoms with E-state index in [1.807, 2.05) is 17.0 Å². The minimum atomic E-state index is -0.944. The molecule has 0 bridgehead atoms. The van der Waals surface area contributed by atoms with Gasteiger partial charge in [-0.2, -0.15) is 0 Å². The Morgan fingerprint density at radius 3 is 2.82 bits per heavy atom. The summed E-state index contributed by atoms with van der Waals surface area (Å²) in [4.78, 5) is 31.7. The number of halogens is 1. The molecule has 33 heavy (non-hydrogen) atoms. The van der Waals surface area contributed by atoms with Gasteiger partial charge in [-0.05, 0) is 60.4 Å². The minimum absolute atomic E-state index is 0.0430. The maximum Gasteiger partial charge on any atom is 0.345 e. The standard InChI is InChI=1S/C25H22FN3O3S/c26-17-4-1-3-16(13-17)14-29-21-15-28(12-10-19(21)20-5-2-11-27-24(20)29)23(30)9-7-18-6-8-22(33-18)25(31)32/h1-6,8,11,13H,7,9-10,12,14-15H2,(H,31,32). The van der Waals surface area contributed by atoms with Gasteiger partial charge in [0.05, 0.1) is 6.54 Å². The molecular weight excluding hydrogens is 441 g/mol. The van der Waals surface area contributed by atoms with E-state index in [1.54, 1.807) is 24.4 Å². The smallest absolute Gasteiger partial charge is 0.345 e. The fourth-order valence-corrected chi connectivity index (χ4v) is 5.32. The number of hydrogen-bond acceptors (Lipinski definition) is 4. The Kier molecular flexibility index (Phi) is 5.68. The molecule has 168 valence electrons. The first kappa shape index (κ1) is 21.3. The molecule has 0 saturated heterocycles. The second-order valence-electron chi connectivity index (χ2n) is 8.15. The number of carbonyl (C=O) groups excluding carboxylic acids is 1. The lowest BCUT2D eigenvalue weighted by atomic mass is 10.0. The Hall–Kier alpha value is -3.52. The summed E-state index contributed by atoms with van der Waals surface area (Å²) in [5.41, 5.74) is 3.93. The Bertz CT molecular complexity index is 1360. The number of pyridine rings is 1. The third kappa shape index (κ3) is 4.26. The van der Waals surface area contributed by atoms with Crippen LogP contribution in [0.3, 0.4) is 0 Å². The molecule has 0 radical (unpaired) electrons. The van der Waals surface area contributed by atoms with Crippen molar-refractivity contribution < 1.29 is 19.1 Å². The first-order valence-corrected chi connectivity index (χ1v) is 11.6. The second kappa shape index (κ2) is 8.78. The average molecular weight is 464 g/mol. The van der Waals surface area contributed by atoms with Gasteiger partial charge in [-0.15, -0.1) is 11.3 Å². The number of thiophene rings is 1. The maximum absolute atomic E-state index is 13.8.